The molecule has 2 rings (SSSR count). The maximum atomic E-state index is 11.7. The Kier molecular flexibility index (Phi) is 2.76. The SMILES string of the molecule is CCCC[C@H]1NC(=O)c2c(C)cccc21. The summed E-state index contributed by atoms with van der Waals surface area (Å²) >= 11 is 0. The molecule has 1 aromatic rings. The van der Waals surface area contributed by atoms with Crippen molar-refractivity contribution in [3.8, 4) is 0 Å². The number of aryl methyl sites for hydroxylation is 1. The molecule has 1 N–H and O–H groups in total. The molecule has 0 unspecified atom stereocenters. The van der Waals surface area contributed by atoms with Gasteiger partial charge in [0.15, 0.2) is 0 Å². The number of hydrogen-bond acceptors (Lipinski definition) is 1. The molecule has 1 amide bonds. The second-order valence-corrected chi connectivity index (χ2v) is 4.21. The summed E-state index contributed by atoms with van der Waals surface area (Å²) in [6.45, 7) is 4.18. The Labute approximate surface area is 90.7 Å². The molecule has 1 heterocycles. The summed E-state index contributed by atoms with van der Waals surface area (Å²) in [5.41, 5.74) is 3.18. The third-order valence-electron chi connectivity index (χ3n) is 3.06. The van der Waals surface area contributed by atoms with Gasteiger partial charge in [-0.2, -0.15) is 0 Å². The minimum atomic E-state index is 0.101. The van der Waals surface area contributed by atoms with Gasteiger partial charge < -0.3 is 5.32 Å². The van der Waals surface area contributed by atoms with Crippen molar-refractivity contribution < 1.29 is 4.79 Å². The van der Waals surface area contributed by atoms with Gasteiger partial charge in [0.25, 0.3) is 5.91 Å². The van der Waals surface area contributed by atoms with E-state index in [9.17, 15) is 4.79 Å². The number of hydrogen-bond donors (Lipinski definition) is 1. The molecule has 0 aromatic heterocycles. The van der Waals surface area contributed by atoms with Gasteiger partial charge in [-0.15, -0.1) is 0 Å². The molecule has 0 spiro atoms. The van der Waals surface area contributed by atoms with Crippen molar-refractivity contribution in [3.63, 3.8) is 0 Å². The zero-order valence-corrected chi connectivity index (χ0v) is 9.34. The van der Waals surface area contributed by atoms with Gasteiger partial charge in [-0.1, -0.05) is 38.0 Å². The predicted octanol–water partition coefficient (Wildman–Crippen LogP) is 2.97. The molecule has 2 nitrogen and oxygen atoms in total. The van der Waals surface area contributed by atoms with Crippen LogP contribution in [0.2, 0.25) is 0 Å². The summed E-state index contributed by atoms with van der Waals surface area (Å²) in [5, 5.41) is 3.06. The van der Waals surface area contributed by atoms with E-state index in [1.807, 2.05) is 19.1 Å². The smallest absolute Gasteiger partial charge is 0.252 e. The lowest BCUT2D eigenvalue weighted by atomic mass is 9.97. The Morgan fingerprint density at radius 1 is 1.40 bits per heavy atom. The first kappa shape index (κ1) is 10.2. The topological polar surface area (TPSA) is 29.1 Å². The summed E-state index contributed by atoms with van der Waals surface area (Å²) < 4.78 is 0. The van der Waals surface area contributed by atoms with E-state index in [4.69, 9.17) is 0 Å². The van der Waals surface area contributed by atoms with Crippen molar-refractivity contribution in [2.45, 2.75) is 39.2 Å². The molecule has 15 heavy (non-hydrogen) atoms. The summed E-state index contributed by atoms with van der Waals surface area (Å²) in [4.78, 5) is 11.7. The summed E-state index contributed by atoms with van der Waals surface area (Å²) in [5.74, 6) is 0.101. The average molecular weight is 203 g/mol. The quantitative estimate of drug-likeness (QED) is 0.804. The third-order valence-corrected chi connectivity index (χ3v) is 3.06. The van der Waals surface area contributed by atoms with Crippen LogP contribution in [0, 0.1) is 6.92 Å². The summed E-state index contributed by atoms with van der Waals surface area (Å²) in [7, 11) is 0. The number of rotatable bonds is 3. The largest absolute Gasteiger partial charge is 0.345 e. The van der Waals surface area contributed by atoms with Crippen LogP contribution in [0.15, 0.2) is 18.2 Å². The van der Waals surface area contributed by atoms with Crippen molar-refractivity contribution >= 4 is 5.91 Å². The van der Waals surface area contributed by atoms with Gasteiger partial charge in [-0.25, -0.2) is 0 Å². The molecular weight excluding hydrogens is 186 g/mol. The highest BCUT2D eigenvalue weighted by Gasteiger charge is 2.28. The zero-order valence-electron chi connectivity index (χ0n) is 9.34. The first-order chi connectivity index (χ1) is 7.24. The second kappa shape index (κ2) is 4.05. The molecule has 0 fully saturated rings. The maximum Gasteiger partial charge on any atom is 0.252 e. The molecule has 0 radical (unpaired) electrons. The Morgan fingerprint density at radius 2 is 2.20 bits per heavy atom. The standard InChI is InChI=1S/C13H17NO/c1-3-4-8-11-10-7-5-6-9(2)12(10)13(15)14-11/h5-7,11H,3-4,8H2,1-2H3,(H,14,15)/t11-/m1/s1. The Bertz CT molecular complexity index is 384. The van der Waals surface area contributed by atoms with Crippen LogP contribution < -0.4 is 5.32 Å². The monoisotopic (exact) mass is 203 g/mol. The molecule has 1 aliphatic rings. The predicted molar refractivity (Wildman–Crippen MR) is 60.9 cm³/mol. The minimum Gasteiger partial charge on any atom is -0.345 e. The Morgan fingerprint density at radius 3 is 2.93 bits per heavy atom. The van der Waals surface area contributed by atoms with E-state index in [-0.39, 0.29) is 11.9 Å². The van der Waals surface area contributed by atoms with Gasteiger partial charge in [0.2, 0.25) is 0 Å². The minimum absolute atomic E-state index is 0.101. The number of nitrogens with one attached hydrogen (secondary N) is 1. The third kappa shape index (κ3) is 1.76. The van der Waals surface area contributed by atoms with E-state index in [0.29, 0.717) is 0 Å². The molecule has 1 aromatic carbocycles. The van der Waals surface area contributed by atoms with E-state index in [1.54, 1.807) is 0 Å². The fraction of sp³-hybridized carbons (Fsp3) is 0.462. The van der Waals surface area contributed by atoms with Crippen molar-refractivity contribution in [2.75, 3.05) is 0 Å². The van der Waals surface area contributed by atoms with Crippen LogP contribution in [0.3, 0.4) is 0 Å². The van der Waals surface area contributed by atoms with Gasteiger partial charge >= 0.3 is 0 Å². The van der Waals surface area contributed by atoms with Crippen LogP contribution in [-0.4, -0.2) is 5.91 Å². The molecule has 1 atom stereocenters. The lowest BCUT2D eigenvalue weighted by molar-refractivity contribution is 0.0954. The molecular formula is C13H17NO. The molecule has 0 saturated carbocycles. The van der Waals surface area contributed by atoms with Crippen LogP contribution in [0.1, 0.15) is 53.7 Å². The van der Waals surface area contributed by atoms with Crippen LogP contribution in [0.4, 0.5) is 0 Å². The van der Waals surface area contributed by atoms with Gasteiger partial charge in [0.05, 0.1) is 6.04 Å². The molecule has 2 heteroatoms. The maximum absolute atomic E-state index is 11.7. The number of amides is 1. The van der Waals surface area contributed by atoms with Gasteiger partial charge in [-0.05, 0) is 24.5 Å². The van der Waals surface area contributed by atoms with Gasteiger partial charge in [0, 0.05) is 5.56 Å². The number of carbonyl (C=O) groups excluding carboxylic acids is 1. The number of unbranched alkanes of at least 4 members (excludes halogenated alkanes) is 1. The first-order valence-corrected chi connectivity index (χ1v) is 5.64. The highest BCUT2D eigenvalue weighted by Crippen LogP contribution is 2.30. The van der Waals surface area contributed by atoms with Crippen molar-refractivity contribution in [1.29, 1.82) is 0 Å². The molecule has 0 aliphatic carbocycles. The van der Waals surface area contributed by atoms with Gasteiger partial charge in [0.1, 0.15) is 0 Å². The van der Waals surface area contributed by atoms with Crippen LogP contribution >= 0.6 is 0 Å². The highest BCUT2D eigenvalue weighted by atomic mass is 16.2. The normalized spacial score (nSPS) is 18.8. The summed E-state index contributed by atoms with van der Waals surface area (Å²) in [6.07, 6.45) is 3.39. The molecule has 0 bridgehead atoms. The molecule has 1 aliphatic heterocycles. The average Bonchev–Trinajstić information content (AvgIpc) is 2.54. The van der Waals surface area contributed by atoms with Crippen LogP contribution in [-0.2, 0) is 0 Å². The lowest BCUT2D eigenvalue weighted by Gasteiger charge is -2.10. The van der Waals surface area contributed by atoms with E-state index >= 15 is 0 Å². The van der Waals surface area contributed by atoms with Crippen molar-refractivity contribution in [2.24, 2.45) is 0 Å². The number of fused-ring (bicyclic) bond motifs is 1. The van der Waals surface area contributed by atoms with Crippen molar-refractivity contribution in [1.82, 2.24) is 5.32 Å². The molecule has 80 valence electrons. The fourth-order valence-electron chi connectivity index (χ4n) is 2.24. The number of carbonyl (C=O) groups is 1. The zero-order chi connectivity index (χ0) is 10.8. The van der Waals surface area contributed by atoms with Crippen LogP contribution in [0.25, 0.3) is 0 Å². The van der Waals surface area contributed by atoms with E-state index in [1.165, 1.54) is 18.4 Å². The summed E-state index contributed by atoms with van der Waals surface area (Å²) in [6, 6.07) is 6.35. The highest BCUT2D eigenvalue weighted by molar-refractivity contribution is 6.00. The van der Waals surface area contributed by atoms with Gasteiger partial charge in [-0.3, -0.25) is 4.79 Å². The fourth-order valence-corrected chi connectivity index (χ4v) is 2.24. The van der Waals surface area contributed by atoms with E-state index in [2.05, 4.69) is 18.3 Å². The van der Waals surface area contributed by atoms with E-state index < -0.39 is 0 Å². The number of benzene rings is 1. The van der Waals surface area contributed by atoms with Crippen LogP contribution in [0.5, 0.6) is 0 Å². The Balaban J connectivity index is 2.30. The van der Waals surface area contributed by atoms with Crippen molar-refractivity contribution in [3.05, 3.63) is 34.9 Å². The molecule has 0 saturated heterocycles. The van der Waals surface area contributed by atoms with E-state index in [0.717, 1.165) is 17.5 Å². The Hall–Kier alpha value is -1.31. The first-order valence-electron chi connectivity index (χ1n) is 5.64. The second-order valence-electron chi connectivity index (χ2n) is 4.21. The lowest BCUT2D eigenvalue weighted by Crippen LogP contribution is -2.19.